The van der Waals surface area contributed by atoms with Crippen LogP contribution in [0.2, 0.25) is 0 Å². The van der Waals surface area contributed by atoms with E-state index in [1.165, 1.54) is 12.1 Å². The lowest BCUT2D eigenvalue weighted by Gasteiger charge is -2.17. The largest absolute Gasteiger partial charge is 0.298 e. The van der Waals surface area contributed by atoms with Crippen molar-refractivity contribution in [2.45, 2.75) is 13.5 Å². The van der Waals surface area contributed by atoms with Crippen LogP contribution < -0.4 is 0 Å². The van der Waals surface area contributed by atoms with Gasteiger partial charge in [-0.3, -0.25) is 4.90 Å². The lowest BCUT2D eigenvalue weighted by atomic mass is 9.91. The van der Waals surface area contributed by atoms with Gasteiger partial charge in [-0.15, -0.1) is 0 Å². The third kappa shape index (κ3) is 3.38. The number of halogens is 2. The van der Waals surface area contributed by atoms with E-state index >= 15 is 4.39 Å². The Balaban J connectivity index is 1.86. The number of aryl methyl sites for hydroxylation is 1. The first kappa shape index (κ1) is 17.5. The lowest BCUT2D eigenvalue weighted by molar-refractivity contribution is 0.358. The van der Waals surface area contributed by atoms with Crippen LogP contribution in [-0.4, -0.2) is 28.7 Å². The molecular weight excluding hydrogens is 344 g/mol. The van der Waals surface area contributed by atoms with Crippen molar-refractivity contribution in [2.75, 3.05) is 13.6 Å². The van der Waals surface area contributed by atoms with Crippen LogP contribution in [0.25, 0.3) is 16.8 Å². The van der Waals surface area contributed by atoms with Gasteiger partial charge in [0.2, 0.25) is 0 Å². The minimum Gasteiger partial charge on any atom is -0.298 e. The van der Waals surface area contributed by atoms with Crippen LogP contribution in [0.15, 0.2) is 54.6 Å². The third-order valence-corrected chi connectivity index (χ3v) is 4.80. The van der Waals surface area contributed by atoms with Gasteiger partial charge < -0.3 is 0 Å². The number of fused-ring (bicyclic) bond motifs is 1. The third-order valence-electron chi connectivity index (χ3n) is 4.80. The minimum atomic E-state index is -0.287. The zero-order valence-corrected chi connectivity index (χ0v) is 15.2. The van der Waals surface area contributed by atoms with Crippen molar-refractivity contribution in [2.24, 2.45) is 0 Å². The summed E-state index contributed by atoms with van der Waals surface area (Å²) in [6.45, 7) is 3.01. The van der Waals surface area contributed by atoms with Crippen molar-refractivity contribution in [3.63, 3.8) is 0 Å². The average molecular weight is 363 g/mol. The van der Waals surface area contributed by atoms with Crippen LogP contribution in [-0.2, 0) is 6.54 Å². The summed E-state index contributed by atoms with van der Waals surface area (Å²) in [5.74, 6) is -0.572. The van der Waals surface area contributed by atoms with Crippen molar-refractivity contribution >= 4 is 5.57 Å². The highest BCUT2D eigenvalue weighted by Crippen LogP contribution is 2.34. The van der Waals surface area contributed by atoms with E-state index in [-0.39, 0.29) is 11.6 Å². The molecule has 1 aliphatic heterocycles. The molecule has 1 aromatic heterocycles. The first-order valence-corrected chi connectivity index (χ1v) is 8.80. The summed E-state index contributed by atoms with van der Waals surface area (Å²) >= 11 is 0. The van der Waals surface area contributed by atoms with Gasteiger partial charge in [0, 0.05) is 24.2 Å². The topological polar surface area (TPSA) is 29.0 Å². The Kier molecular flexibility index (Phi) is 4.54. The monoisotopic (exact) mass is 363 g/mol. The number of benzene rings is 2. The maximum atomic E-state index is 15.5. The van der Waals surface area contributed by atoms with Gasteiger partial charge in [0.15, 0.2) is 0 Å². The fourth-order valence-electron chi connectivity index (χ4n) is 3.36. The van der Waals surface area contributed by atoms with Gasteiger partial charge >= 0.3 is 0 Å². The van der Waals surface area contributed by atoms with Crippen molar-refractivity contribution in [3.05, 3.63) is 88.6 Å². The molecule has 0 radical (unpaired) electrons. The molecule has 3 nitrogen and oxygen atoms in total. The van der Waals surface area contributed by atoms with Gasteiger partial charge in [0.05, 0.1) is 11.4 Å². The summed E-state index contributed by atoms with van der Waals surface area (Å²) in [5.41, 5.74) is 4.97. The maximum Gasteiger partial charge on any atom is 0.137 e. The van der Waals surface area contributed by atoms with E-state index in [0.29, 0.717) is 29.9 Å². The number of aromatic nitrogens is 2. The summed E-state index contributed by atoms with van der Waals surface area (Å²) in [4.78, 5) is 2.04. The number of hydrogen-bond donors (Lipinski definition) is 0. The molecule has 1 aliphatic rings. The smallest absolute Gasteiger partial charge is 0.137 e. The summed E-state index contributed by atoms with van der Waals surface area (Å²) in [6, 6.07) is 13.6. The molecule has 2 aromatic carbocycles. The van der Waals surface area contributed by atoms with Crippen LogP contribution >= 0.6 is 0 Å². The van der Waals surface area contributed by atoms with Crippen LogP contribution in [0.5, 0.6) is 0 Å². The average Bonchev–Trinajstić information content (AvgIpc) is 2.83. The molecule has 0 N–H and O–H groups in total. The number of likely N-dealkylation sites (N-methyl/N-ethyl adjacent to an activating group) is 1. The van der Waals surface area contributed by atoms with Crippen LogP contribution in [0, 0.1) is 18.6 Å². The molecule has 0 unspecified atom stereocenters. The van der Waals surface area contributed by atoms with Crippen molar-refractivity contribution in [3.8, 4) is 11.3 Å². The van der Waals surface area contributed by atoms with E-state index in [0.717, 1.165) is 22.4 Å². The minimum absolute atomic E-state index is 0.285. The summed E-state index contributed by atoms with van der Waals surface area (Å²) in [7, 11) is 1.95. The SMILES string of the molecule is Cc1ccc(-c2ccc3c(c2F)CN(C)CC=C3c2ccc(F)cc2)nn1. The highest BCUT2D eigenvalue weighted by atomic mass is 19.1. The second-order valence-corrected chi connectivity index (χ2v) is 6.83. The summed E-state index contributed by atoms with van der Waals surface area (Å²) in [6.07, 6.45) is 2.06. The Morgan fingerprint density at radius 2 is 1.63 bits per heavy atom. The van der Waals surface area contributed by atoms with Gasteiger partial charge in [-0.2, -0.15) is 10.2 Å². The highest BCUT2D eigenvalue weighted by Gasteiger charge is 2.22. The van der Waals surface area contributed by atoms with Gasteiger partial charge in [-0.1, -0.05) is 24.3 Å². The molecular formula is C22H19F2N3. The lowest BCUT2D eigenvalue weighted by Crippen LogP contribution is -2.17. The van der Waals surface area contributed by atoms with Gasteiger partial charge in [0.1, 0.15) is 11.6 Å². The van der Waals surface area contributed by atoms with E-state index < -0.39 is 0 Å². The maximum absolute atomic E-state index is 15.5. The molecule has 27 heavy (non-hydrogen) atoms. The molecule has 0 spiro atoms. The zero-order chi connectivity index (χ0) is 19.0. The van der Waals surface area contributed by atoms with Crippen molar-refractivity contribution < 1.29 is 8.78 Å². The molecule has 2 heterocycles. The molecule has 3 aromatic rings. The molecule has 0 saturated heterocycles. The summed E-state index contributed by atoms with van der Waals surface area (Å²) in [5, 5.41) is 8.17. The summed E-state index contributed by atoms with van der Waals surface area (Å²) < 4.78 is 28.8. The van der Waals surface area contributed by atoms with Crippen LogP contribution in [0.3, 0.4) is 0 Å². The first-order chi connectivity index (χ1) is 13.0. The molecule has 0 fully saturated rings. The molecule has 4 rings (SSSR count). The Hall–Kier alpha value is -2.92. The van der Waals surface area contributed by atoms with Crippen LogP contribution in [0.4, 0.5) is 8.78 Å². The van der Waals surface area contributed by atoms with Gasteiger partial charge in [0.25, 0.3) is 0 Å². The number of hydrogen-bond acceptors (Lipinski definition) is 3. The Morgan fingerprint density at radius 3 is 2.33 bits per heavy atom. The zero-order valence-electron chi connectivity index (χ0n) is 15.2. The molecule has 0 aliphatic carbocycles. The standard InChI is InChI=1S/C22H19F2N3/c1-14-3-10-21(26-25-14)19-9-8-18-17(15-4-6-16(23)7-5-15)11-12-27(2)13-20(18)22(19)24/h3-11H,12-13H2,1-2H3. The van der Waals surface area contributed by atoms with Crippen molar-refractivity contribution in [1.29, 1.82) is 0 Å². The van der Waals surface area contributed by atoms with Crippen molar-refractivity contribution in [1.82, 2.24) is 15.1 Å². The van der Waals surface area contributed by atoms with E-state index in [1.54, 1.807) is 24.3 Å². The molecule has 136 valence electrons. The molecule has 5 heteroatoms. The quantitative estimate of drug-likeness (QED) is 0.666. The predicted octanol–water partition coefficient (Wildman–Crippen LogP) is 4.61. The molecule has 0 saturated carbocycles. The first-order valence-electron chi connectivity index (χ1n) is 8.80. The Morgan fingerprint density at radius 1 is 0.889 bits per heavy atom. The fraction of sp³-hybridized carbons (Fsp3) is 0.182. The Bertz CT molecular complexity index is 1010. The predicted molar refractivity (Wildman–Crippen MR) is 102 cm³/mol. The van der Waals surface area contributed by atoms with Gasteiger partial charge in [-0.05, 0) is 61.0 Å². The molecule has 0 amide bonds. The van der Waals surface area contributed by atoms with E-state index in [9.17, 15) is 4.39 Å². The van der Waals surface area contributed by atoms with Gasteiger partial charge in [-0.25, -0.2) is 8.78 Å². The second kappa shape index (κ2) is 7.00. The number of nitrogens with zero attached hydrogens (tertiary/aromatic N) is 3. The fourth-order valence-corrected chi connectivity index (χ4v) is 3.36. The highest BCUT2D eigenvalue weighted by molar-refractivity contribution is 5.83. The Labute approximate surface area is 157 Å². The van der Waals surface area contributed by atoms with E-state index in [1.807, 2.05) is 31.0 Å². The molecule has 0 bridgehead atoms. The molecule has 0 atom stereocenters. The normalized spacial score (nSPS) is 14.4. The second-order valence-electron chi connectivity index (χ2n) is 6.83. The number of rotatable bonds is 2. The van der Waals surface area contributed by atoms with Crippen LogP contribution in [0.1, 0.15) is 22.4 Å². The van der Waals surface area contributed by atoms with E-state index in [2.05, 4.69) is 16.3 Å². The van der Waals surface area contributed by atoms with E-state index in [4.69, 9.17) is 0 Å².